The number of aliphatic hydroxyl groups excluding tert-OH is 1. The Bertz CT molecular complexity index is 516. The lowest BCUT2D eigenvalue weighted by Gasteiger charge is -2.52. The Morgan fingerprint density at radius 1 is 1.20 bits per heavy atom. The molecule has 3 fully saturated rings. The molecule has 0 heterocycles. The Labute approximate surface area is 120 Å². The van der Waals surface area contributed by atoms with E-state index in [-0.39, 0.29) is 11.5 Å². The summed E-state index contributed by atoms with van der Waals surface area (Å²) >= 11 is 0. The van der Waals surface area contributed by atoms with E-state index in [1.54, 1.807) is 6.08 Å². The molecule has 0 spiro atoms. The Morgan fingerprint density at radius 3 is 2.90 bits per heavy atom. The second kappa shape index (κ2) is 4.22. The van der Waals surface area contributed by atoms with Crippen molar-refractivity contribution in [3.8, 4) is 0 Å². The summed E-state index contributed by atoms with van der Waals surface area (Å²) in [5.74, 6) is 2.51. The van der Waals surface area contributed by atoms with Crippen LogP contribution in [0.1, 0.15) is 51.9 Å². The highest BCUT2D eigenvalue weighted by atomic mass is 16.3. The summed E-state index contributed by atoms with van der Waals surface area (Å²) in [5, 5.41) is 9.81. The smallest absolute Gasteiger partial charge is 0.219 e. The molecule has 4 rings (SSSR count). The maximum absolute atomic E-state index is 11.6. The predicted octanol–water partition coefficient (Wildman–Crippen LogP) is 4.18. The van der Waals surface area contributed by atoms with Gasteiger partial charge in [0.05, 0.1) is 0 Å². The van der Waals surface area contributed by atoms with Crippen molar-refractivity contribution in [3.05, 3.63) is 23.5 Å². The third-order valence-corrected chi connectivity index (χ3v) is 6.84. The zero-order valence-electron chi connectivity index (χ0n) is 12.3. The molecule has 0 saturated heterocycles. The molecule has 5 atom stereocenters. The minimum Gasteiger partial charge on any atom is -0.504 e. The fourth-order valence-corrected chi connectivity index (χ4v) is 5.84. The summed E-state index contributed by atoms with van der Waals surface area (Å²) in [6.45, 7) is 2.50. The summed E-state index contributed by atoms with van der Waals surface area (Å²) in [4.78, 5) is 11.6. The van der Waals surface area contributed by atoms with Crippen LogP contribution in [0, 0.1) is 29.1 Å². The molecule has 4 aliphatic rings. The number of rotatable bonds is 0. The highest BCUT2D eigenvalue weighted by Gasteiger charge is 2.52. The molecule has 0 amide bonds. The normalized spacial score (nSPS) is 47.0. The van der Waals surface area contributed by atoms with E-state index in [1.807, 2.05) is 6.08 Å². The standard InChI is InChI=1S/C18H24O2/c1-18-7-2-3-15(18)13-5-4-11-9-16(19)17(20)10-14(11)12(13)6-8-18/h9-10,12-15,20H,2-8H2,1H3/t12?,13?,14?,15?,18-/m0/s1. The first-order chi connectivity index (χ1) is 9.58. The van der Waals surface area contributed by atoms with Crippen molar-refractivity contribution < 1.29 is 9.90 Å². The van der Waals surface area contributed by atoms with E-state index in [9.17, 15) is 9.90 Å². The molecule has 4 unspecified atom stereocenters. The highest BCUT2D eigenvalue weighted by Crippen LogP contribution is 2.61. The number of hydrogen-bond acceptors (Lipinski definition) is 2. The second-order valence-electron chi connectivity index (χ2n) is 7.72. The fraction of sp³-hybridized carbons (Fsp3) is 0.722. The van der Waals surface area contributed by atoms with E-state index >= 15 is 0 Å². The van der Waals surface area contributed by atoms with Crippen molar-refractivity contribution in [1.29, 1.82) is 0 Å². The number of ketones is 1. The summed E-state index contributed by atoms with van der Waals surface area (Å²) in [6.07, 6.45) is 12.7. The average Bonchev–Trinajstić information content (AvgIpc) is 2.82. The lowest BCUT2D eigenvalue weighted by atomic mass is 9.53. The summed E-state index contributed by atoms with van der Waals surface area (Å²) < 4.78 is 0. The molecule has 0 radical (unpaired) electrons. The van der Waals surface area contributed by atoms with Crippen molar-refractivity contribution in [2.45, 2.75) is 51.9 Å². The molecule has 0 aliphatic heterocycles. The summed E-state index contributed by atoms with van der Waals surface area (Å²) in [7, 11) is 0. The third-order valence-electron chi connectivity index (χ3n) is 6.84. The van der Waals surface area contributed by atoms with E-state index in [2.05, 4.69) is 6.92 Å². The second-order valence-corrected chi connectivity index (χ2v) is 7.72. The van der Waals surface area contributed by atoms with E-state index in [0.717, 1.165) is 18.3 Å². The van der Waals surface area contributed by atoms with Crippen LogP contribution in [-0.2, 0) is 4.79 Å². The first-order valence-corrected chi connectivity index (χ1v) is 8.24. The van der Waals surface area contributed by atoms with Gasteiger partial charge in [0.1, 0.15) is 0 Å². The molecule has 108 valence electrons. The van der Waals surface area contributed by atoms with Crippen LogP contribution in [0.3, 0.4) is 0 Å². The monoisotopic (exact) mass is 272 g/mol. The number of fused-ring (bicyclic) bond motifs is 5. The number of aliphatic hydroxyl groups is 1. The molecular weight excluding hydrogens is 248 g/mol. The number of carbonyl (C=O) groups excluding carboxylic acids is 1. The molecule has 0 aromatic heterocycles. The van der Waals surface area contributed by atoms with Crippen molar-refractivity contribution >= 4 is 5.78 Å². The van der Waals surface area contributed by atoms with Crippen molar-refractivity contribution in [1.82, 2.24) is 0 Å². The van der Waals surface area contributed by atoms with Crippen LogP contribution in [-0.4, -0.2) is 10.9 Å². The van der Waals surface area contributed by atoms with Crippen LogP contribution in [0.25, 0.3) is 0 Å². The van der Waals surface area contributed by atoms with Crippen LogP contribution in [0.15, 0.2) is 23.5 Å². The molecule has 0 aromatic carbocycles. The van der Waals surface area contributed by atoms with Crippen LogP contribution < -0.4 is 0 Å². The summed E-state index contributed by atoms with van der Waals surface area (Å²) in [6, 6.07) is 0. The van der Waals surface area contributed by atoms with Gasteiger partial charge in [-0.2, -0.15) is 0 Å². The predicted molar refractivity (Wildman–Crippen MR) is 78.2 cm³/mol. The van der Waals surface area contributed by atoms with Gasteiger partial charge in [-0.15, -0.1) is 0 Å². The largest absolute Gasteiger partial charge is 0.504 e. The molecule has 1 N–H and O–H groups in total. The first kappa shape index (κ1) is 12.7. The summed E-state index contributed by atoms with van der Waals surface area (Å²) in [5.41, 5.74) is 1.87. The topological polar surface area (TPSA) is 37.3 Å². The quantitative estimate of drug-likeness (QED) is 0.718. The lowest BCUT2D eigenvalue weighted by molar-refractivity contribution is -0.114. The minimum atomic E-state index is -0.184. The maximum Gasteiger partial charge on any atom is 0.219 e. The van der Waals surface area contributed by atoms with Crippen LogP contribution in [0.5, 0.6) is 0 Å². The van der Waals surface area contributed by atoms with Crippen molar-refractivity contribution in [2.24, 2.45) is 29.1 Å². The fourth-order valence-electron chi connectivity index (χ4n) is 5.84. The first-order valence-electron chi connectivity index (χ1n) is 8.24. The zero-order valence-corrected chi connectivity index (χ0v) is 12.3. The highest BCUT2D eigenvalue weighted by molar-refractivity contribution is 6.03. The van der Waals surface area contributed by atoms with Gasteiger partial charge in [0, 0.05) is 5.92 Å². The molecule has 0 aromatic rings. The van der Waals surface area contributed by atoms with Crippen molar-refractivity contribution in [2.75, 3.05) is 0 Å². The SMILES string of the molecule is C[C@@]12CCCC1C1CCC3=CC(=O)C(O)=CC3C1CC2. The molecule has 2 nitrogen and oxygen atoms in total. The third kappa shape index (κ3) is 1.66. The van der Waals surface area contributed by atoms with Crippen LogP contribution in [0.4, 0.5) is 0 Å². The molecule has 2 heteroatoms. The molecular formula is C18H24O2. The van der Waals surface area contributed by atoms with Gasteiger partial charge in [0.25, 0.3) is 0 Å². The van der Waals surface area contributed by atoms with Gasteiger partial charge in [-0.3, -0.25) is 4.79 Å². The maximum atomic E-state index is 11.6. The zero-order chi connectivity index (χ0) is 13.9. The van der Waals surface area contributed by atoms with E-state index in [1.165, 1.54) is 44.1 Å². The molecule has 3 saturated carbocycles. The van der Waals surface area contributed by atoms with E-state index < -0.39 is 0 Å². The average molecular weight is 272 g/mol. The van der Waals surface area contributed by atoms with Gasteiger partial charge in [-0.1, -0.05) is 18.9 Å². The van der Waals surface area contributed by atoms with Gasteiger partial charge in [0.2, 0.25) is 5.78 Å². The number of hydrogen-bond donors (Lipinski definition) is 1. The van der Waals surface area contributed by atoms with Crippen LogP contribution in [0.2, 0.25) is 0 Å². The van der Waals surface area contributed by atoms with Crippen molar-refractivity contribution in [3.63, 3.8) is 0 Å². The van der Waals surface area contributed by atoms with E-state index in [0.29, 0.717) is 17.3 Å². The van der Waals surface area contributed by atoms with Crippen LogP contribution >= 0.6 is 0 Å². The Hall–Kier alpha value is -1.05. The Kier molecular flexibility index (Phi) is 2.68. The van der Waals surface area contributed by atoms with Gasteiger partial charge in [-0.25, -0.2) is 0 Å². The van der Waals surface area contributed by atoms with Gasteiger partial charge >= 0.3 is 0 Å². The molecule has 4 aliphatic carbocycles. The Morgan fingerprint density at radius 2 is 2.05 bits per heavy atom. The van der Waals surface area contributed by atoms with Gasteiger partial charge in [-0.05, 0) is 73.8 Å². The van der Waals surface area contributed by atoms with E-state index in [4.69, 9.17) is 0 Å². The Balaban J connectivity index is 1.67. The van der Waals surface area contributed by atoms with Gasteiger partial charge in [0.15, 0.2) is 5.76 Å². The number of allylic oxidation sites excluding steroid dienone is 3. The number of carbonyl (C=O) groups is 1. The van der Waals surface area contributed by atoms with Gasteiger partial charge < -0.3 is 5.11 Å². The minimum absolute atomic E-state index is 0.0147. The lowest BCUT2D eigenvalue weighted by Crippen LogP contribution is -2.44. The molecule has 20 heavy (non-hydrogen) atoms. The molecule has 0 bridgehead atoms.